The van der Waals surface area contributed by atoms with E-state index in [0.717, 1.165) is 109 Å². The fourth-order valence-electron chi connectivity index (χ4n) is 11.7. The van der Waals surface area contributed by atoms with Crippen molar-refractivity contribution in [3.05, 3.63) is 0 Å². The maximum Gasteiger partial charge on any atom is 0.472 e. The fourth-order valence-corrected chi connectivity index (χ4v) is 13.3. The highest BCUT2D eigenvalue weighted by Crippen LogP contribution is 2.45. The van der Waals surface area contributed by atoms with Gasteiger partial charge in [0.15, 0.2) is 12.2 Å². The molecule has 0 saturated carbocycles. The molecule has 0 fully saturated rings. The summed E-state index contributed by atoms with van der Waals surface area (Å²) in [6.07, 6.45) is 58.4. The van der Waals surface area contributed by atoms with E-state index >= 15 is 0 Å². The quantitative estimate of drug-likeness (QED) is 0.0222. The first-order valence-corrected chi connectivity index (χ1v) is 42.6. The minimum atomic E-state index is -4.96. The van der Waals surface area contributed by atoms with Crippen molar-refractivity contribution >= 4 is 39.5 Å². The molecule has 0 saturated heterocycles. The Balaban J connectivity index is 5.19. The Morgan fingerprint density at radius 3 is 0.716 bits per heavy atom. The predicted octanol–water partition coefficient (Wildman–Crippen LogP) is 22.5. The van der Waals surface area contributed by atoms with Gasteiger partial charge in [0.1, 0.15) is 19.3 Å². The Labute approximate surface area is 581 Å². The second-order valence-corrected chi connectivity index (χ2v) is 30.8. The highest BCUT2D eigenvalue weighted by molar-refractivity contribution is 7.47. The Hall–Kier alpha value is -1.94. The van der Waals surface area contributed by atoms with Crippen LogP contribution in [0.4, 0.5) is 0 Å². The number of aliphatic hydroxyl groups excluding tert-OH is 1. The number of hydrogen-bond donors (Lipinski definition) is 3. The predicted molar refractivity (Wildman–Crippen MR) is 386 cm³/mol. The van der Waals surface area contributed by atoms with Gasteiger partial charge >= 0.3 is 39.5 Å². The number of esters is 4. The molecule has 0 bridgehead atoms. The maximum atomic E-state index is 13.1. The van der Waals surface area contributed by atoms with Crippen LogP contribution in [0.25, 0.3) is 0 Å². The van der Waals surface area contributed by atoms with Gasteiger partial charge in [0.25, 0.3) is 0 Å². The van der Waals surface area contributed by atoms with Crippen molar-refractivity contribution in [1.29, 1.82) is 0 Å². The summed E-state index contributed by atoms with van der Waals surface area (Å²) in [5.41, 5.74) is 0. The van der Waals surface area contributed by atoms with Crippen LogP contribution < -0.4 is 0 Å². The summed E-state index contributed by atoms with van der Waals surface area (Å²) in [4.78, 5) is 72.7. The molecule has 0 aliphatic heterocycles. The van der Waals surface area contributed by atoms with Gasteiger partial charge in [0, 0.05) is 25.7 Å². The first-order chi connectivity index (χ1) is 46.0. The van der Waals surface area contributed by atoms with Crippen LogP contribution >= 0.6 is 15.6 Å². The van der Waals surface area contributed by atoms with Crippen LogP contribution in [0, 0.1) is 5.92 Å². The van der Waals surface area contributed by atoms with E-state index in [4.69, 9.17) is 37.0 Å². The van der Waals surface area contributed by atoms with E-state index in [1.807, 2.05) is 0 Å². The van der Waals surface area contributed by atoms with Crippen LogP contribution in [-0.4, -0.2) is 96.7 Å². The molecule has 0 aromatic carbocycles. The van der Waals surface area contributed by atoms with Gasteiger partial charge in [-0.1, -0.05) is 349 Å². The molecule has 564 valence electrons. The molecule has 0 rings (SSSR count). The van der Waals surface area contributed by atoms with Gasteiger partial charge in [-0.2, -0.15) is 0 Å². The third-order valence-electron chi connectivity index (χ3n) is 17.8. The van der Waals surface area contributed by atoms with E-state index in [2.05, 4.69) is 34.6 Å². The molecular weight excluding hydrogens is 1250 g/mol. The van der Waals surface area contributed by atoms with Gasteiger partial charge in [-0.25, -0.2) is 9.13 Å². The van der Waals surface area contributed by atoms with Crippen molar-refractivity contribution in [3.8, 4) is 0 Å². The van der Waals surface area contributed by atoms with Crippen LogP contribution in [0.3, 0.4) is 0 Å². The average molecular weight is 1400 g/mol. The molecule has 3 N–H and O–H groups in total. The van der Waals surface area contributed by atoms with Crippen molar-refractivity contribution in [2.75, 3.05) is 39.6 Å². The summed E-state index contributed by atoms with van der Waals surface area (Å²) in [6, 6.07) is 0. The molecular formula is C76H148O17P2. The highest BCUT2D eigenvalue weighted by atomic mass is 31.2. The fraction of sp³-hybridized carbons (Fsp3) is 0.947. The van der Waals surface area contributed by atoms with Crippen LogP contribution in [0.1, 0.15) is 401 Å². The topological polar surface area (TPSA) is 237 Å². The van der Waals surface area contributed by atoms with Crippen LogP contribution in [-0.2, 0) is 65.4 Å². The van der Waals surface area contributed by atoms with Crippen LogP contribution in [0.15, 0.2) is 0 Å². The van der Waals surface area contributed by atoms with E-state index in [1.54, 1.807) is 0 Å². The molecule has 2 unspecified atom stereocenters. The van der Waals surface area contributed by atoms with Gasteiger partial charge in [0.2, 0.25) is 0 Å². The first-order valence-electron chi connectivity index (χ1n) is 39.6. The van der Waals surface area contributed by atoms with Crippen molar-refractivity contribution < 1.29 is 80.2 Å². The number of ether oxygens (including phenoxy) is 4. The second-order valence-electron chi connectivity index (χ2n) is 27.9. The molecule has 0 aliphatic carbocycles. The number of phosphoric ester groups is 2. The number of rotatable bonds is 76. The summed E-state index contributed by atoms with van der Waals surface area (Å²) in [6.45, 7) is 7.26. The number of hydrogen-bond acceptors (Lipinski definition) is 15. The largest absolute Gasteiger partial charge is 0.472 e. The summed E-state index contributed by atoms with van der Waals surface area (Å²) < 4.78 is 68.4. The second kappa shape index (κ2) is 69.2. The number of phosphoric acid groups is 2. The van der Waals surface area contributed by atoms with Crippen molar-refractivity contribution in [3.63, 3.8) is 0 Å². The molecule has 5 atom stereocenters. The molecule has 0 spiro atoms. The minimum Gasteiger partial charge on any atom is -0.462 e. The molecule has 0 amide bonds. The monoisotopic (exact) mass is 1400 g/mol. The normalized spacial score (nSPS) is 13.9. The zero-order valence-electron chi connectivity index (χ0n) is 61.8. The minimum absolute atomic E-state index is 0.106. The Kier molecular flexibility index (Phi) is 67.7. The first kappa shape index (κ1) is 93.1. The zero-order chi connectivity index (χ0) is 69.8. The molecule has 17 nitrogen and oxygen atoms in total. The highest BCUT2D eigenvalue weighted by Gasteiger charge is 2.30. The van der Waals surface area contributed by atoms with Gasteiger partial charge < -0.3 is 33.8 Å². The Bertz CT molecular complexity index is 1820. The SMILES string of the molecule is CCCCCCCCCCCCCCCCCCCC(=O)OC[C@H](COP(=O)(O)OC[C@@H](O)COP(=O)(O)OC[C@@H](COC(=O)CCCCCCCCC)OC(=O)CCCCCCCCCCCCCC(C)C)OC(=O)CCCCCCCCCCCCCCCCCCC. The van der Waals surface area contributed by atoms with E-state index in [9.17, 15) is 43.2 Å². The summed E-state index contributed by atoms with van der Waals surface area (Å²) in [7, 11) is -9.91. The molecule has 95 heavy (non-hydrogen) atoms. The van der Waals surface area contributed by atoms with E-state index < -0.39 is 97.5 Å². The number of carbonyl (C=O) groups is 4. The van der Waals surface area contributed by atoms with Crippen molar-refractivity contribution in [1.82, 2.24) is 0 Å². The van der Waals surface area contributed by atoms with E-state index in [1.165, 1.54) is 212 Å². The van der Waals surface area contributed by atoms with Crippen LogP contribution in [0.2, 0.25) is 0 Å². The molecule has 0 aromatic heterocycles. The summed E-state index contributed by atoms with van der Waals surface area (Å²) in [5, 5.41) is 10.6. The zero-order valence-corrected chi connectivity index (χ0v) is 63.6. The van der Waals surface area contributed by atoms with Crippen LogP contribution in [0.5, 0.6) is 0 Å². The third-order valence-corrected chi connectivity index (χ3v) is 19.7. The molecule has 0 aromatic rings. The maximum absolute atomic E-state index is 13.1. The third kappa shape index (κ3) is 70.3. The number of unbranched alkanes of at least 4 members (excludes halogenated alkanes) is 48. The van der Waals surface area contributed by atoms with Gasteiger partial charge in [-0.05, 0) is 31.6 Å². The van der Waals surface area contributed by atoms with Gasteiger partial charge in [-0.3, -0.25) is 37.3 Å². The molecule has 0 aliphatic rings. The number of aliphatic hydroxyl groups is 1. The Morgan fingerprint density at radius 1 is 0.284 bits per heavy atom. The van der Waals surface area contributed by atoms with Crippen molar-refractivity contribution in [2.45, 2.75) is 419 Å². The van der Waals surface area contributed by atoms with E-state index in [0.29, 0.717) is 25.7 Å². The van der Waals surface area contributed by atoms with Gasteiger partial charge in [-0.15, -0.1) is 0 Å². The lowest BCUT2D eigenvalue weighted by Gasteiger charge is -2.21. The van der Waals surface area contributed by atoms with Crippen molar-refractivity contribution in [2.24, 2.45) is 5.92 Å². The lowest BCUT2D eigenvalue weighted by molar-refractivity contribution is -0.161. The molecule has 0 heterocycles. The smallest absolute Gasteiger partial charge is 0.462 e. The number of carbonyl (C=O) groups excluding carboxylic acids is 4. The Morgan fingerprint density at radius 2 is 0.484 bits per heavy atom. The summed E-state index contributed by atoms with van der Waals surface area (Å²) in [5.74, 6) is -1.35. The van der Waals surface area contributed by atoms with Gasteiger partial charge in [0.05, 0.1) is 26.4 Å². The molecule has 0 radical (unpaired) electrons. The van der Waals surface area contributed by atoms with E-state index in [-0.39, 0.29) is 25.7 Å². The molecule has 19 heteroatoms. The average Bonchev–Trinajstić information content (AvgIpc) is 2.06. The lowest BCUT2D eigenvalue weighted by atomic mass is 10.0. The standard InChI is InChI=1S/C76H148O17P2/c1-6-9-12-15-18-20-22-24-26-28-30-32-36-40-45-50-55-60-74(79)87-66-72(93-75(80)61-56-51-46-41-37-33-31-29-27-25-23-21-19-16-13-10-7-2)68-91-95(84,85)89-64-70(77)63-88-94(82,83)90-67-71(65-86-73(78)59-54-49-43-17-14-11-8-3)92-76(81)62-57-52-47-42-38-34-35-39-44-48-53-58-69(4)5/h69-72,77H,6-68H2,1-5H3,(H,82,83)(H,84,85)/t70-,71+,72+/m0/s1. The lowest BCUT2D eigenvalue weighted by Crippen LogP contribution is -2.30. The summed E-state index contributed by atoms with van der Waals surface area (Å²) >= 11 is 0.